The zero-order valence-corrected chi connectivity index (χ0v) is 14.9. The maximum atomic E-state index is 11.6. The van der Waals surface area contributed by atoms with Gasteiger partial charge in [-0.25, -0.2) is 4.79 Å². The number of carbonyl (C=O) groups is 1. The molecule has 0 heterocycles. The summed E-state index contributed by atoms with van der Waals surface area (Å²) in [4.78, 5) is 11.6. The van der Waals surface area contributed by atoms with E-state index < -0.39 is 11.7 Å². The zero-order chi connectivity index (χ0) is 16.8. The molecule has 1 aromatic rings. The van der Waals surface area contributed by atoms with E-state index in [0.29, 0.717) is 18.8 Å². The maximum absolute atomic E-state index is 11.6. The van der Waals surface area contributed by atoms with Crippen LogP contribution >= 0.6 is 15.9 Å². The van der Waals surface area contributed by atoms with Gasteiger partial charge in [-0.05, 0) is 61.3 Å². The summed E-state index contributed by atoms with van der Waals surface area (Å²) < 4.78 is 11.5. The number of halogens is 1. The number of ether oxygens (including phenoxy) is 2. The number of amides is 1. The fourth-order valence-corrected chi connectivity index (χ4v) is 2.16. The van der Waals surface area contributed by atoms with Crippen molar-refractivity contribution in [1.29, 1.82) is 5.26 Å². The van der Waals surface area contributed by atoms with E-state index in [1.54, 1.807) is 6.07 Å². The average Bonchev–Trinajstić information content (AvgIpc) is 2.36. The van der Waals surface area contributed by atoms with E-state index in [2.05, 4.69) is 27.3 Å². The average molecular weight is 369 g/mol. The first-order chi connectivity index (χ1) is 10.2. The number of hydrogen-bond donors (Lipinski definition) is 1. The number of benzene rings is 1. The number of hydrogen-bond acceptors (Lipinski definition) is 4. The van der Waals surface area contributed by atoms with Gasteiger partial charge in [-0.1, -0.05) is 6.07 Å². The Morgan fingerprint density at radius 2 is 2.14 bits per heavy atom. The summed E-state index contributed by atoms with van der Waals surface area (Å²) in [5, 5.41) is 11.6. The molecule has 0 aliphatic heterocycles. The first-order valence-electron chi connectivity index (χ1n) is 6.97. The number of carbonyl (C=O) groups excluding carboxylic acids is 1. The molecule has 0 saturated heterocycles. The lowest BCUT2D eigenvalue weighted by atomic mass is 10.1. The number of alkyl carbamates (subject to hydrolysis) is 1. The third kappa shape index (κ3) is 6.92. The molecule has 0 aromatic heterocycles. The van der Waals surface area contributed by atoms with Crippen molar-refractivity contribution in [2.45, 2.75) is 45.9 Å². The summed E-state index contributed by atoms with van der Waals surface area (Å²) >= 11 is 3.34. The SMILES string of the molecule is C[C@H](COCc1ccc(C#N)c(Br)c1)NC(=O)OC(C)(C)C. The first-order valence-corrected chi connectivity index (χ1v) is 7.76. The van der Waals surface area contributed by atoms with Gasteiger partial charge in [-0.3, -0.25) is 0 Å². The van der Waals surface area contributed by atoms with Crippen LogP contribution in [0.2, 0.25) is 0 Å². The Morgan fingerprint density at radius 1 is 1.45 bits per heavy atom. The topological polar surface area (TPSA) is 71.3 Å². The van der Waals surface area contributed by atoms with E-state index in [1.165, 1.54) is 0 Å². The van der Waals surface area contributed by atoms with Crippen LogP contribution in [-0.4, -0.2) is 24.3 Å². The molecule has 0 radical (unpaired) electrons. The molecule has 0 aliphatic rings. The Bertz CT molecular complexity index is 561. The molecular formula is C16H21BrN2O3. The van der Waals surface area contributed by atoms with E-state index in [-0.39, 0.29) is 6.04 Å². The summed E-state index contributed by atoms with van der Waals surface area (Å²) in [5.74, 6) is 0. The number of nitrogens with zero attached hydrogens (tertiary/aromatic N) is 1. The molecule has 0 spiro atoms. The van der Waals surface area contributed by atoms with Crippen molar-refractivity contribution in [3.63, 3.8) is 0 Å². The van der Waals surface area contributed by atoms with Crippen molar-refractivity contribution in [2.75, 3.05) is 6.61 Å². The van der Waals surface area contributed by atoms with Crippen LogP contribution in [0.15, 0.2) is 22.7 Å². The first kappa shape index (κ1) is 18.5. The second kappa shape index (κ2) is 8.16. The van der Waals surface area contributed by atoms with Gasteiger partial charge in [0.15, 0.2) is 0 Å². The fourth-order valence-electron chi connectivity index (χ4n) is 1.64. The number of rotatable bonds is 5. The standard InChI is InChI=1S/C16H21BrN2O3/c1-11(19-15(20)22-16(2,3)4)9-21-10-12-5-6-13(8-18)14(17)7-12/h5-7,11H,9-10H2,1-4H3,(H,19,20)/t11-/m1/s1. The lowest BCUT2D eigenvalue weighted by Crippen LogP contribution is -2.39. The lowest BCUT2D eigenvalue weighted by Gasteiger charge is -2.22. The second-order valence-electron chi connectivity index (χ2n) is 5.99. The van der Waals surface area contributed by atoms with Gasteiger partial charge < -0.3 is 14.8 Å². The van der Waals surface area contributed by atoms with Gasteiger partial charge >= 0.3 is 6.09 Å². The van der Waals surface area contributed by atoms with Crippen LogP contribution in [0.4, 0.5) is 4.79 Å². The Balaban J connectivity index is 2.36. The van der Waals surface area contributed by atoms with Crippen LogP contribution in [-0.2, 0) is 16.1 Å². The predicted molar refractivity (Wildman–Crippen MR) is 87.3 cm³/mol. The molecule has 1 amide bonds. The van der Waals surface area contributed by atoms with Gasteiger partial charge in [0.25, 0.3) is 0 Å². The van der Waals surface area contributed by atoms with Crippen molar-refractivity contribution in [3.8, 4) is 6.07 Å². The van der Waals surface area contributed by atoms with E-state index >= 15 is 0 Å². The minimum absolute atomic E-state index is 0.156. The van der Waals surface area contributed by atoms with Crippen molar-refractivity contribution in [2.24, 2.45) is 0 Å². The second-order valence-corrected chi connectivity index (χ2v) is 6.84. The highest BCUT2D eigenvalue weighted by molar-refractivity contribution is 9.10. The zero-order valence-electron chi connectivity index (χ0n) is 13.3. The van der Waals surface area contributed by atoms with Gasteiger partial charge in [0, 0.05) is 4.47 Å². The van der Waals surface area contributed by atoms with E-state index in [0.717, 1.165) is 10.0 Å². The number of nitriles is 1. The normalized spacial score (nSPS) is 12.4. The third-order valence-corrected chi connectivity index (χ3v) is 3.21. The van der Waals surface area contributed by atoms with Gasteiger partial charge in [-0.2, -0.15) is 5.26 Å². The molecule has 1 atom stereocenters. The minimum Gasteiger partial charge on any atom is -0.444 e. The fraction of sp³-hybridized carbons (Fsp3) is 0.500. The van der Waals surface area contributed by atoms with Gasteiger partial charge in [0.2, 0.25) is 0 Å². The van der Waals surface area contributed by atoms with Gasteiger partial charge in [-0.15, -0.1) is 0 Å². The third-order valence-electron chi connectivity index (χ3n) is 2.55. The highest BCUT2D eigenvalue weighted by atomic mass is 79.9. The van der Waals surface area contributed by atoms with Crippen LogP contribution in [0.3, 0.4) is 0 Å². The van der Waals surface area contributed by atoms with Crippen molar-refractivity contribution in [1.82, 2.24) is 5.32 Å². The highest BCUT2D eigenvalue weighted by Crippen LogP contribution is 2.18. The Morgan fingerprint density at radius 3 is 2.68 bits per heavy atom. The van der Waals surface area contributed by atoms with Crippen molar-refractivity contribution >= 4 is 22.0 Å². The molecule has 0 fully saturated rings. The summed E-state index contributed by atoms with van der Waals surface area (Å²) in [6.45, 7) is 8.07. The Kier molecular flexibility index (Phi) is 6.85. The molecule has 0 saturated carbocycles. The minimum atomic E-state index is -0.514. The quantitative estimate of drug-likeness (QED) is 0.858. The molecule has 5 nitrogen and oxygen atoms in total. The van der Waals surface area contributed by atoms with Crippen LogP contribution in [0, 0.1) is 11.3 Å². The lowest BCUT2D eigenvalue weighted by molar-refractivity contribution is 0.0442. The van der Waals surface area contributed by atoms with Crippen LogP contribution in [0.5, 0.6) is 0 Å². The van der Waals surface area contributed by atoms with Crippen LogP contribution in [0.1, 0.15) is 38.8 Å². The highest BCUT2D eigenvalue weighted by Gasteiger charge is 2.17. The van der Waals surface area contributed by atoms with Gasteiger partial charge in [0.05, 0.1) is 24.8 Å². The summed E-state index contributed by atoms with van der Waals surface area (Å²) in [5.41, 5.74) is 1.03. The molecule has 120 valence electrons. The maximum Gasteiger partial charge on any atom is 0.407 e. The largest absolute Gasteiger partial charge is 0.444 e. The molecule has 0 aliphatic carbocycles. The Labute approximate surface area is 139 Å². The Hall–Kier alpha value is -1.58. The van der Waals surface area contributed by atoms with Crippen molar-refractivity contribution < 1.29 is 14.3 Å². The van der Waals surface area contributed by atoms with E-state index in [1.807, 2.05) is 39.8 Å². The molecule has 1 aromatic carbocycles. The molecule has 0 unspecified atom stereocenters. The van der Waals surface area contributed by atoms with Crippen LogP contribution in [0.25, 0.3) is 0 Å². The monoisotopic (exact) mass is 368 g/mol. The number of nitrogens with one attached hydrogen (secondary N) is 1. The predicted octanol–water partition coefficient (Wildman–Crippen LogP) is 3.75. The van der Waals surface area contributed by atoms with Crippen LogP contribution < -0.4 is 5.32 Å². The molecular weight excluding hydrogens is 348 g/mol. The van der Waals surface area contributed by atoms with E-state index in [9.17, 15) is 4.79 Å². The summed E-state index contributed by atoms with van der Waals surface area (Å²) in [6, 6.07) is 7.37. The smallest absolute Gasteiger partial charge is 0.407 e. The molecule has 22 heavy (non-hydrogen) atoms. The van der Waals surface area contributed by atoms with E-state index in [4.69, 9.17) is 14.7 Å². The summed E-state index contributed by atoms with van der Waals surface area (Å²) in [6.07, 6.45) is -0.454. The van der Waals surface area contributed by atoms with Gasteiger partial charge in [0.1, 0.15) is 11.7 Å². The summed E-state index contributed by atoms with van der Waals surface area (Å²) in [7, 11) is 0. The molecule has 6 heteroatoms. The molecule has 0 bridgehead atoms. The van der Waals surface area contributed by atoms with Crippen molar-refractivity contribution in [3.05, 3.63) is 33.8 Å². The molecule has 1 rings (SSSR count). The molecule has 1 N–H and O–H groups in total.